The summed E-state index contributed by atoms with van der Waals surface area (Å²) in [5.41, 5.74) is 2.42. The highest BCUT2D eigenvalue weighted by molar-refractivity contribution is 6.10. The summed E-state index contributed by atoms with van der Waals surface area (Å²) < 4.78 is 15.8. The molecule has 0 saturated heterocycles. The number of aryl methyl sites for hydroxylation is 1. The summed E-state index contributed by atoms with van der Waals surface area (Å²) in [6.07, 6.45) is 6.87. The molecular formula is C17H16FN5O. The molecule has 0 unspecified atom stereocenters. The summed E-state index contributed by atoms with van der Waals surface area (Å²) in [7, 11) is 0. The fourth-order valence-corrected chi connectivity index (χ4v) is 2.67. The van der Waals surface area contributed by atoms with Gasteiger partial charge >= 0.3 is 0 Å². The van der Waals surface area contributed by atoms with Crippen LogP contribution >= 0.6 is 0 Å². The highest BCUT2D eigenvalue weighted by Crippen LogP contribution is 2.31. The Morgan fingerprint density at radius 1 is 1.38 bits per heavy atom. The zero-order chi connectivity index (χ0) is 16.7. The first kappa shape index (κ1) is 14.6. The first-order chi connectivity index (χ1) is 11.6. The van der Waals surface area contributed by atoms with Gasteiger partial charge in [0, 0.05) is 18.4 Å². The fraction of sp³-hybridized carbons (Fsp3) is 0.235. The molecule has 1 saturated carbocycles. The molecule has 3 aromatic rings. The molecule has 1 amide bonds. The van der Waals surface area contributed by atoms with E-state index < -0.39 is 11.7 Å². The SMILES string of the molecule is Cc1nccn2ncc(C(=O)Nc3c(F)cccc3NC3CC3)c12. The lowest BCUT2D eigenvalue weighted by molar-refractivity contribution is 0.102. The normalized spacial score (nSPS) is 13.9. The number of halogens is 1. The summed E-state index contributed by atoms with van der Waals surface area (Å²) in [5, 5.41) is 10.1. The van der Waals surface area contributed by atoms with Gasteiger partial charge in [0.2, 0.25) is 0 Å². The quantitative estimate of drug-likeness (QED) is 0.773. The molecule has 0 aliphatic heterocycles. The summed E-state index contributed by atoms with van der Waals surface area (Å²) in [6, 6.07) is 5.07. The third-order valence-electron chi connectivity index (χ3n) is 4.05. The molecule has 122 valence electrons. The molecule has 1 aromatic carbocycles. The van der Waals surface area contributed by atoms with Gasteiger partial charge in [0.25, 0.3) is 5.91 Å². The number of carbonyl (C=O) groups is 1. The average Bonchev–Trinajstić information content (AvgIpc) is 3.26. The van der Waals surface area contributed by atoms with Gasteiger partial charge in [-0.15, -0.1) is 0 Å². The maximum atomic E-state index is 14.2. The number of hydrogen-bond acceptors (Lipinski definition) is 4. The van der Waals surface area contributed by atoms with E-state index in [4.69, 9.17) is 0 Å². The van der Waals surface area contributed by atoms with Gasteiger partial charge in [-0.05, 0) is 31.9 Å². The number of nitrogens with zero attached hydrogens (tertiary/aromatic N) is 3. The number of anilines is 2. The summed E-state index contributed by atoms with van der Waals surface area (Å²) >= 11 is 0. The van der Waals surface area contributed by atoms with Crippen molar-refractivity contribution in [2.75, 3.05) is 10.6 Å². The molecule has 6 nitrogen and oxygen atoms in total. The van der Waals surface area contributed by atoms with Crippen molar-refractivity contribution < 1.29 is 9.18 Å². The van der Waals surface area contributed by atoms with Crippen molar-refractivity contribution in [1.82, 2.24) is 14.6 Å². The lowest BCUT2D eigenvalue weighted by atomic mass is 10.2. The Morgan fingerprint density at radius 3 is 3.00 bits per heavy atom. The largest absolute Gasteiger partial charge is 0.381 e. The second-order valence-electron chi connectivity index (χ2n) is 5.90. The summed E-state index contributed by atoms with van der Waals surface area (Å²) in [4.78, 5) is 16.8. The molecule has 0 bridgehead atoms. The lowest BCUT2D eigenvalue weighted by Gasteiger charge is -2.13. The average molecular weight is 325 g/mol. The van der Waals surface area contributed by atoms with Gasteiger partial charge < -0.3 is 10.6 Å². The second-order valence-corrected chi connectivity index (χ2v) is 5.90. The Labute approximate surface area is 137 Å². The minimum Gasteiger partial charge on any atom is -0.381 e. The minimum absolute atomic E-state index is 0.162. The van der Waals surface area contributed by atoms with Gasteiger partial charge in [0.05, 0.1) is 23.1 Å². The lowest BCUT2D eigenvalue weighted by Crippen LogP contribution is -2.15. The standard InChI is InChI=1S/C17H16FN5O/c1-10-16-12(9-20-23(16)8-7-19-10)17(24)22-15-13(18)3-2-4-14(15)21-11-5-6-11/h2-4,7-9,11,21H,5-6H2,1H3,(H,22,24). The van der Waals surface area contributed by atoms with E-state index in [-0.39, 0.29) is 5.69 Å². The predicted octanol–water partition coefficient (Wildman–Crippen LogP) is 3.00. The van der Waals surface area contributed by atoms with Crippen molar-refractivity contribution in [2.24, 2.45) is 0 Å². The Morgan fingerprint density at radius 2 is 2.21 bits per heavy atom. The maximum Gasteiger partial charge on any atom is 0.259 e. The molecule has 0 radical (unpaired) electrons. The Balaban J connectivity index is 1.69. The number of para-hydroxylation sites is 1. The van der Waals surface area contributed by atoms with E-state index >= 15 is 0 Å². The van der Waals surface area contributed by atoms with Crippen LogP contribution in [0.3, 0.4) is 0 Å². The van der Waals surface area contributed by atoms with Gasteiger partial charge in [-0.2, -0.15) is 5.10 Å². The van der Waals surface area contributed by atoms with Crippen LogP contribution in [0.2, 0.25) is 0 Å². The molecule has 0 atom stereocenters. The van der Waals surface area contributed by atoms with Gasteiger partial charge in [0.15, 0.2) is 0 Å². The zero-order valence-electron chi connectivity index (χ0n) is 13.1. The molecule has 0 spiro atoms. The minimum atomic E-state index is -0.472. The number of aromatic nitrogens is 3. The number of nitrogens with one attached hydrogen (secondary N) is 2. The van der Waals surface area contributed by atoms with Crippen molar-refractivity contribution >= 4 is 22.8 Å². The van der Waals surface area contributed by atoms with E-state index in [2.05, 4.69) is 20.7 Å². The number of fused-ring (bicyclic) bond motifs is 1. The van der Waals surface area contributed by atoms with Crippen molar-refractivity contribution in [3.05, 3.63) is 53.9 Å². The van der Waals surface area contributed by atoms with E-state index in [0.29, 0.717) is 28.5 Å². The van der Waals surface area contributed by atoms with Crippen molar-refractivity contribution in [2.45, 2.75) is 25.8 Å². The van der Waals surface area contributed by atoms with Crippen LogP contribution in [0.25, 0.3) is 5.52 Å². The van der Waals surface area contributed by atoms with Gasteiger partial charge in [0.1, 0.15) is 17.0 Å². The van der Waals surface area contributed by atoms with Crippen LogP contribution in [0, 0.1) is 12.7 Å². The molecule has 4 rings (SSSR count). The molecule has 1 aliphatic carbocycles. The molecule has 1 aliphatic rings. The van der Waals surface area contributed by atoms with E-state index in [0.717, 1.165) is 12.8 Å². The number of benzene rings is 1. The molecule has 1 fully saturated rings. The number of carbonyl (C=O) groups excluding carboxylic acids is 1. The number of hydrogen-bond donors (Lipinski definition) is 2. The molecule has 24 heavy (non-hydrogen) atoms. The summed E-state index contributed by atoms with van der Waals surface area (Å²) in [6.45, 7) is 1.80. The predicted molar refractivity (Wildman–Crippen MR) is 88.7 cm³/mol. The smallest absolute Gasteiger partial charge is 0.259 e. The zero-order valence-corrected chi connectivity index (χ0v) is 13.1. The van der Waals surface area contributed by atoms with Crippen LogP contribution in [0.1, 0.15) is 28.9 Å². The van der Waals surface area contributed by atoms with Crippen molar-refractivity contribution in [3.63, 3.8) is 0 Å². The van der Waals surface area contributed by atoms with Gasteiger partial charge in [-0.3, -0.25) is 9.78 Å². The number of rotatable bonds is 4. The van der Waals surface area contributed by atoms with Crippen LogP contribution in [-0.2, 0) is 0 Å². The highest BCUT2D eigenvalue weighted by atomic mass is 19.1. The highest BCUT2D eigenvalue weighted by Gasteiger charge is 2.24. The van der Waals surface area contributed by atoms with Crippen molar-refractivity contribution in [3.8, 4) is 0 Å². The molecule has 2 heterocycles. The third kappa shape index (κ3) is 2.58. The fourth-order valence-electron chi connectivity index (χ4n) is 2.67. The van der Waals surface area contributed by atoms with Crippen molar-refractivity contribution in [1.29, 1.82) is 0 Å². The Bertz CT molecular complexity index is 932. The van der Waals surface area contributed by atoms with E-state index in [1.54, 1.807) is 36.0 Å². The Kier molecular flexibility index (Phi) is 3.41. The van der Waals surface area contributed by atoms with Crippen LogP contribution < -0.4 is 10.6 Å². The van der Waals surface area contributed by atoms with Crippen LogP contribution in [0.15, 0.2) is 36.8 Å². The van der Waals surface area contributed by atoms with Gasteiger partial charge in [-0.25, -0.2) is 8.91 Å². The van der Waals surface area contributed by atoms with E-state index in [1.165, 1.54) is 12.3 Å². The topological polar surface area (TPSA) is 71.3 Å². The van der Waals surface area contributed by atoms with E-state index in [1.807, 2.05) is 0 Å². The Hall–Kier alpha value is -2.96. The van der Waals surface area contributed by atoms with Crippen LogP contribution in [-0.4, -0.2) is 26.5 Å². The molecule has 7 heteroatoms. The third-order valence-corrected chi connectivity index (χ3v) is 4.05. The first-order valence-electron chi connectivity index (χ1n) is 7.79. The van der Waals surface area contributed by atoms with Crippen LogP contribution in [0.5, 0.6) is 0 Å². The first-order valence-corrected chi connectivity index (χ1v) is 7.79. The molecule has 2 N–H and O–H groups in total. The second kappa shape index (κ2) is 5.59. The van der Waals surface area contributed by atoms with Crippen LogP contribution in [0.4, 0.5) is 15.8 Å². The number of amides is 1. The maximum absolute atomic E-state index is 14.2. The molecule has 2 aromatic heterocycles. The molecular weight excluding hydrogens is 309 g/mol. The van der Waals surface area contributed by atoms with Gasteiger partial charge in [-0.1, -0.05) is 6.07 Å². The van der Waals surface area contributed by atoms with E-state index in [9.17, 15) is 9.18 Å². The summed E-state index contributed by atoms with van der Waals surface area (Å²) in [5.74, 6) is -0.884. The monoisotopic (exact) mass is 325 g/mol.